The van der Waals surface area contributed by atoms with Crippen LogP contribution in [0.5, 0.6) is 0 Å². The van der Waals surface area contributed by atoms with E-state index in [-0.39, 0.29) is 0 Å². The normalized spacial score (nSPS) is 28.3. The second-order valence-electron chi connectivity index (χ2n) is 6.40. The topological polar surface area (TPSA) is 18.5 Å². The fourth-order valence-corrected chi connectivity index (χ4v) is 3.49. The Labute approximate surface area is 113 Å². The largest absolute Gasteiger partial charge is 0.320 e. The molecule has 0 aromatic heterocycles. The van der Waals surface area contributed by atoms with Crippen molar-refractivity contribution in [2.45, 2.75) is 51.6 Å². The molecule has 2 aliphatic rings. The Morgan fingerprint density at radius 3 is 2.39 bits per heavy atom. The van der Waals surface area contributed by atoms with Gasteiger partial charge < -0.3 is 5.32 Å². The first-order valence-electron chi connectivity index (χ1n) is 7.83. The summed E-state index contributed by atoms with van der Waals surface area (Å²) < 4.78 is 0. The van der Waals surface area contributed by atoms with Crippen molar-refractivity contribution in [2.24, 2.45) is 5.92 Å². The SMILES string of the molecule is CNCCC1CCN(C2CCN(C(C)C)C2)CC1. The molecular weight excluding hydrogens is 222 g/mol. The first-order valence-corrected chi connectivity index (χ1v) is 7.83. The molecule has 0 bridgehead atoms. The molecule has 2 heterocycles. The number of piperidine rings is 1. The monoisotopic (exact) mass is 253 g/mol. The summed E-state index contributed by atoms with van der Waals surface area (Å²) in [5.74, 6) is 0.969. The van der Waals surface area contributed by atoms with Crippen molar-refractivity contribution in [3.05, 3.63) is 0 Å². The highest BCUT2D eigenvalue weighted by Gasteiger charge is 2.30. The summed E-state index contributed by atoms with van der Waals surface area (Å²) in [7, 11) is 2.06. The quantitative estimate of drug-likeness (QED) is 0.806. The van der Waals surface area contributed by atoms with Crippen LogP contribution in [0.15, 0.2) is 0 Å². The van der Waals surface area contributed by atoms with Gasteiger partial charge in [-0.25, -0.2) is 0 Å². The van der Waals surface area contributed by atoms with Gasteiger partial charge in [-0.2, -0.15) is 0 Å². The first-order chi connectivity index (χ1) is 8.70. The highest BCUT2D eigenvalue weighted by Crippen LogP contribution is 2.25. The average Bonchev–Trinajstić information content (AvgIpc) is 2.87. The Morgan fingerprint density at radius 2 is 1.83 bits per heavy atom. The van der Waals surface area contributed by atoms with Gasteiger partial charge in [-0.05, 0) is 72.1 Å². The Morgan fingerprint density at radius 1 is 1.11 bits per heavy atom. The van der Waals surface area contributed by atoms with Crippen molar-refractivity contribution in [3.63, 3.8) is 0 Å². The molecule has 0 radical (unpaired) electrons. The molecule has 2 fully saturated rings. The van der Waals surface area contributed by atoms with E-state index in [9.17, 15) is 0 Å². The van der Waals surface area contributed by atoms with Crippen LogP contribution >= 0.6 is 0 Å². The predicted octanol–water partition coefficient (Wildman–Crippen LogP) is 1.79. The Balaban J connectivity index is 1.70. The van der Waals surface area contributed by atoms with Crippen LogP contribution in [0.4, 0.5) is 0 Å². The third kappa shape index (κ3) is 3.69. The molecule has 0 aromatic carbocycles. The minimum atomic E-state index is 0.725. The lowest BCUT2D eigenvalue weighted by atomic mass is 9.92. The molecule has 0 spiro atoms. The van der Waals surface area contributed by atoms with Crippen LogP contribution in [0.2, 0.25) is 0 Å². The van der Waals surface area contributed by atoms with E-state index in [0.717, 1.165) is 18.0 Å². The second-order valence-corrected chi connectivity index (χ2v) is 6.40. The standard InChI is InChI=1S/C15H31N3/c1-13(2)18-11-7-15(12-18)17-9-5-14(6-10-17)4-8-16-3/h13-16H,4-12H2,1-3H3. The van der Waals surface area contributed by atoms with E-state index in [1.54, 1.807) is 0 Å². The summed E-state index contributed by atoms with van der Waals surface area (Å²) in [5, 5.41) is 3.28. The highest BCUT2D eigenvalue weighted by atomic mass is 15.3. The zero-order chi connectivity index (χ0) is 13.0. The van der Waals surface area contributed by atoms with Crippen LogP contribution < -0.4 is 5.32 Å². The van der Waals surface area contributed by atoms with Gasteiger partial charge in [-0.1, -0.05) is 0 Å². The molecule has 1 atom stereocenters. The van der Waals surface area contributed by atoms with Crippen molar-refractivity contribution >= 4 is 0 Å². The molecule has 18 heavy (non-hydrogen) atoms. The molecule has 0 aliphatic carbocycles. The van der Waals surface area contributed by atoms with E-state index in [4.69, 9.17) is 0 Å². The lowest BCUT2D eigenvalue weighted by Crippen LogP contribution is -2.43. The van der Waals surface area contributed by atoms with Gasteiger partial charge in [0.2, 0.25) is 0 Å². The lowest BCUT2D eigenvalue weighted by Gasteiger charge is -2.36. The minimum Gasteiger partial charge on any atom is -0.320 e. The summed E-state index contributed by atoms with van der Waals surface area (Å²) in [6.45, 7) is 11.1. The average molecular weight is 253 g/mol. The number of likely N-dealkylation sites (tertiary alicyclic amines) is 2. The van der Waals surface area contributed by atoms with Gasteiger partial charge >= 0.3 is 0 Å². The zero-order valence-electron chi connectivity index (χ0n) is 12.5. The number of nitrogens with zero attached hydrogens (tertiary/aromatic N) is 2. The van der Waals surface area contributed by atoms with Gasteiger partial charge in [-0.15, -0.1) is 0 Å². The zero-order valence-corrected chi connectivity index (χ0v) is 12.5. The van der Waals surface area contributed by atoms with Crippen LogP contribution in [0.1, 0.15) is 39.5 Å². The van der Waals surface area contributed by atoms with Crippen LogP contribution in [0, 0.1) is 5.92 Å². The summed E-state index contributed by atoms with van der Waals surface area (Å²) in [5.41, 5.74) is 0. The Kier molecular flexibility index (Phi) is 5.46. The van der Waals surface area contributed by atoms with Crippen LogP contribution in [0.3, 0.4) is 0 Å². The van der Waals surface area contributed by atoms with Gasteiger partial charge in [0.1, 0.15) is 0 Å². The van der Waals surface area contributed by atoms with E-state index in [2.05, 4.69) is 36.0 Å². The summed E-state index contributed by atoms with van der Waals surface area (Å²) in [6.07, 6.45) is 5.59. The first kappa shape index (κ1) is 14.3. The number of hydrogen-bond acceptors (Lipinski definition) is 3. The van der Waals surface area contributed by atoms with Crippen molar-refractivity contribution in [2.75, 3.05) is 39.8 Å². The van der Waals surface area contributed by atoms with E-state index >= 15 is 0 Å². The Bertz CT molecular complexity index is 234. The molecule has 1 unspecified atom stereocenters. The maximum atomic E-state index is 3.28. The van der Waals surface area contributed by atoms with Gasteiger partial charge in [0.15, 0.2) is 0 Å². The van der Waals surface area contributed by atoms with E-state index in [0.29, 0.717) is 0 Å². The van der Waals surface area contributed by atoms with Crippen molar-refractivity contribution in [3.8, 4) is 0 Å². The predicted molar refractivity (Wildman–Crippen MR) is 78.0 cm³/mol. The second kappa shape index (κ2) is 6.88. The van der Waals surface area contributed by atoms with Crippen molar-refractivity contribution in [1.29, 1.82) is 0 Å². The van der Waals surface area contributed by atoms with Crippen LogP contribution in [-0.4, -0.2) is 61.7 Å². The maximum Gasteiger partial charge on any atom is 0.0235 e. The third-order valence-electron chi connectivity index (χ3n) is 4.89. The number of hydrogen-bond donors (Lipinski definition) is 1. The molecule has 0 amide bonds. The smallest absolute Gasteiger partial charge is 0.0235 e. The van der Waals surface area contributed by atoms with E-state index in [1.165, 1.54) is 58.4 Å². The van der Waals surface area contributed by atoms with E-state index < -0.39 is 0 Å². The minimum absolute atomic E-state index is 0.725. The van der Waals surface area contributed by atoms with Crippen LogP contribution in [-0.2, 0) is 0 Å². The molecule has 2 aliphatic heterocycles. The molecule has 0 saturated carbocycles. The molecule has 1 N–H and O–H groups in total. The van der Waals surface area contributed by atoms with Crippen LogP contribution in [0.25, 0.3) is 0 Å². The number of rotatable bonds is 5. The summed E-state index contributed by atoms with van der Waals surface area (Å²) in [6, 6.07) is 1.57. The molecule has 3 heteroatoms. The van der Waals surface area contributed by atoms with E-state index in [1.807, 2.05) is 0 Å². The van der Waals surface area contributed by atoms with Crippen molar-refractivity contribution in [1.82, 2.24) is 15.1 Å². The molecule has 106 valence electrons. The summed E-state index contributed by atoms with van der Waals surface area (Å²) in [4.78, 5) is 5.40. The lowest BCUT2D eigenvalue weighted by molar-refractivity contribution is 0.126. The van der Waals surface area contributed by atoms with Crippen molar-refractivity contribution < 1.29 is 0 Å². The molecule has 2 saturated heterocycles. The van der Waals surface area contributed by atoms with Gasteiger partial charge in [0.25, 0.3) is 0 Å². The third-order valence-corrected chi connectivity index (χ3v) is 4.89. The molecule has 3 nitrogen and oxygen atoms in total. The molecule has 0 aromatic rings. The summed E-state index contributed by atoms with van der Waals surface area (Å²) >= 11 is 0. The van der Waals surface area contributed by atoms with Gasteiger partial charge in [0, 0.05) is 25.2 Å². The number of nitrogens with one attached hydrogen (secondary N) is 1. The molecular formula is C15H31N3. The van der Waals surface area contributed by atoms with Gasteiger partial charge in [-0.3, -0.25) is 9.80 Å². The fourth-order valence-electron chi connectivity index (χ4n) is 3.49. The van der Waals surface area contributed by atoms with Gasteiger partial charge in [0.05, 0.1) is 0 Å². The highest BCUT2D eigenvalue weighted by molar-refractivity contribution is 4.87. The molecule has 2 rings (SSSR count). The fraction of sp³-hybridized carbons (Fsp3) is 1.00. The maximum absolute atomic E-state index is 3.28. The Hall–Kier alpha value is -0.120.